The lowest BCUT2D eigenvalue weighted by molar-refractivity contribution is -0.234. The van der Waals surface area contributed by atoms with Crippen LogP contribution in [0.25, 0.3) is 33.4 Å². The molecular formula is C21H15F6N5O. The van der Waals surface area contributed by atoms with Crippen molar-refractivity contribution < 1.29 is 31.1 Å². The number of nitrogens with zero attached hydrogens (tertiary/aromatic N) is 4. The molecule has 6 nitrogen and oxygen atoms in total. The minimum Gasteiger partial charge on any atom is -0.360 e. The molecule has 4 heterocycles. The molecule has 172 valence electrons. The van der Waals surface area contributed by atoms with Crippen molar-refractivity contribution in [1.82, 2.24) is 25.0 Å². The van der Waals surface area contributed by atoms with Crippen molar-refractivity contribution in [3.05, 3.63) is 53.2 Å². The third-order valence-corrected chi connectivity index (χ3v) is 5.52. The summed E-state index contributed by atoms with van der Waals surface area (Å²) in [7, 11) is 0. The van der Waals surface area contributed by atoms with E-state index in [0.29, 0.717) is 22.2 Å². The van der Waals surface area contributed by atoms with Gasteiger partial charge in [-0.2, -0.15) is 23.4 Å². The summed E-state index contributed by atoms with van der Waals surface area (Å²) in [4.78, 5) is 3.89. The lowest BCUT2D eigenvalue weighted by Crippen LogP contribution is -2.39. The first kappa shape index (κ1) is 21.4. The first-order valence-electron chi connectivity index (χ1n) is 9.81. The van der Waals surface area contributed by atoms with Crippen molar-refractivity contribution in [3.63, 3.8) is 0 Å². The van der Waals surface area contributed by atoms with Crippen molar-refractivity contribution in [2.24, 2.45) is 0 Å². The van der Waals surface area contributed by atoms with Crippen molar-refractivity contribution in [1.29, 1.82) is 0 Å². The Hall–Kier alpha value is -3.41. The number of aromatic amines is 1. The molecule has 3 aromatic heterocycles. The fourth-order valence-electron chi connectivity index (χ4n) is 3.98. The van der Waals surface area contributed by atoms with Crippen LogP contribution in [0.4, 0.5) is 26.3 Å². The van der Waals surface area contributed by atoms with E-state index in [0.717, 1.165) is 0 Å². The number of rotatable bonds is 3. The van der Waals surface area contributed by atoms with E-state index in [2.05, 4.69) is 20.3 Å². The summed E-state index contributed by atoms with van der Waals surface area (Å²) in [5.41, 5.74) is 1.50. The summed E-state index contributed by atoms with van der Waals surface area (Å²) in [5.74, 6) is -0.512. The number of alkyl halides is 5. The minimum atomic E-state index is -4.60. The Kier molecular flexibility index (Phi) is 4.92. The third kappa shape index (κ3) is 3.63. The summed E-state index contributed by atoms with van der Waals surface area (Å²) in [5, 5.41) is 11.5. The Balaban J connectivity index is 1.80. The van der Waals surface area contributed by atoms with Gasteiger partial charge in [0.05, 0.1) is 18.8 Å². The number of pyridine rings is 1. The number of benzene rings is 1. The summed E-state index contributed by atoms with van der Waals surface area (Å²) in [6.07, 6.45) is -9.58. The highest BCUT2D eigenvalue weighted by Crippen LogP contribution is 2.42. The molecular weight excluding hydrogens is 452 g/mol. The molecule has 1 N–H and O–H groups in total. The molecule has 33 heavy (non-hydrogen) atoms. The molecule has 1 aliphatic heterocycles. The highest BCUT2D eigenvalue weighted by Gasteiger charge is 2.44. The van der Waals surface area contributed by atoms with E-state index in [4.69, 9.17) is 4.74 Å². The maximum Gasteiger partial charge on any atom is 0.416 e. The van der Waals surface area contributed by atoms with Crippen molar-refractivity contribution >= 4 is 11.0 Å². The highest BCUT2D eigenvalue weighted by atomic mass is 19.4. The maximum atomic E-state index is 13.6. The highest BCUT2D eigenvalue weighted by molar-refractivity contribution is 5.99. The van der Waals surface area contributed by atoms with Crippen LogP contribution in [-0.2, 0) is 17.9 Å². The number of halogens is 6. The number of nitrogens with one attached hydrogen (secondary N) is 1. The molecule has 1 aliphatic rings. The van der Waals surface area contributed by atoms with Crippen molar-refractivity contribution in [2.45, 2.75) is 38.8 Å². The second-order valence-electron chi connectivity index (χ2n) is 7.64. The number of ether oxygens (including phenoxy) is 1. The number of aromatic nitrogens is 5. The SMILES string of the molecule is Cc1[nH]nc2nc(C(F)F)cc(-c3c(-c4ccc(F)cc4)nn4c3CO[C@@H](C(F)(F)F)C4)c12. The van der Waals surface area contributed by atoms with E-state index < -0.39 is 43.4 Å². The van der Waals surface area contributed by atoms with E-state index in [9.17, 15) is 26.3 Å². The van der Waals surface area contributed by atoms with Gasteiger partial charge in [-0.15, -0.1) is 0 Å². The Morgan fingerprint density at radius 2 is 1.91 bits per heavy atom. The number of aryl methyl sites for hydroxylation is 1. The molecule has 0 amide bonds. The lowest BCUT2D eigenvalue weighted by atomic mass is 9.95. The average Bonchev–Trinajstić information content (AvgIpc) is 3.33. The fourth-order valence-corrected chi connectivity index (χ4v) is 3.98. The Bertz CT molecular complexity index is 1340. The van der Waals surface area contributed by atoms with Crippen LogP contribution in [0.1, 0.15) is 23.5 Å². The average molecular weight is 467 g/mol. The zero-order valence-electron chi connectivity index (χ0n) is 16.9. The summed E-state index contributed by atoms with van der Waals surface area (Å²) in [6, 6.07) is 6.38. The second kappa shape index (κ2) is 7.58. The van der Waals surface area contributed by atoms with Gasteiger partial charge in [0, 0.05) is 27.8 Å². The van der Waals surface area contributed by atoms with Crippen LogP contribution in [0.5, 0.6) is 0 Å². The molecule has 0 spiro atoms. The first-order valence-corrected chi connectivity index (χ1v) is 9.81. The van der Waals surface area contributed by atoms with Gasteiger partial charge in [-0.25, -0.2) is 18.2 Å². The monoisotopic (exact) mass is 467 g/mol. The first-order chi connectivity index (χ1) is 15.6. The Labute approximate surface area is 182 Å². The third-order valence-electron chi connectivity index (χ3n) is 5.52. The van der Waals surface area contributed by atoms with Crippen LogP contribution in [0.15, 0.2) is 30.3 Å². The largest absolute Gasteiger partial charge is 0.416 e. The van der Waals surface area contributed by atoms with Crippen LogP contribution in [0.3, 0.4) is 0 Å². The molecule has 0 fully saturated rings. The van der Waals surface area contributed by atoms with Crippen LogP contribution < -0.4 is 0 Å². The number of hydrogen-bond acceptors (Lipinski definition) is 4. The molecule has 1 atom stereocenters. The van der Waals surface area contributed by atoms with Gasteiger partial charge in [-0.3, -0.25) is 9.78 Å². The molecule has 0 saturated carbocycles. The van der Waals surface area contributed by atoms with Crippen LogP contribution in [0, 0.1) is 12.7 Å². The van der Waals surface area contributed by atoms with Crippen LogP contribution >= 0.6 is 0 Å². The quantitative estimate of drug-likeness (QED) is 0.414. The summed E-state index contributed by atoms with van der Waals surface area (Å²) >= 11 is 0. The Morgan fingerprint density at radius 1 is 1.18 bits per heavy atom. The minimum absolute atomic E-state index is 0.0372. The molecule has 1 aromatic carbocycles. The zero-order valence-corrected chi connectivity index (χ0v) is 16.9. The van der Waals surface area contributed by atoms with E-state index in [1.54, 1.807) is 6.92 Å². The van der Waals surface area contributed by atoms with Gasteiger partial charge in [-0.05, 0) is 37.3 Å². The van der Waals surface area contributed by atoms with Crippen LogP contribution in [-0.4, -0.2) is 37.2 Å². The molecule has 0 unspecified atom stereocenters. The molecule has 0 saturated heterocycles. The summed E-state index contributed by atoms with van der Waals surface area (Å²) in [6.45, 7) is 0.623. The number of H-pyrrole nitrogens is 1. The molecule has 0 bridgehead atoms. The molecule has 0 aliphatic carbocycles. The van der Waals surface area contributed by atoms with Gasteiger partial charge in [0.25, 0.3) is 6.43 Å². The van der Waals surface area contributed by atoms with Crippen molar-refractivity contribution in [2.75, 3.05) is 0 Å². The van der Waals surface area contributed by atoms with Gasteiger partial charge < -0.3 is 4.74 Å². The number of fused-ring (bicyclic) bond motifs is 2. The van der Waals surface area contributed by atoms with Gasteiger partial charge in [-0.1, -0.05) is 0 Å². The van der Waals surface area contributed by atoms with E-state index in [-0.39, 0.29) is 22.6 Å². The topological polar surface area (TPSA) is 68.6 Å². The van der Waals surface area contributed by atoms with E-state index >= 15 is 0 Å². The molecule has 4 aromatic rings. The van der Waals surface area contributed by atoms with Gasteiger partial charge in [0.2, 0.25) is 0 Å². The fraction of sp³-hybridized carbons (Fsp3) is 0.286. The standard InChI is InChI=1S/C21H15F6N5O/c1-9-16-12(6-13(19(23)24)28-20(16)30-29-9)17-14-8-33-15(21(25,26)27)7-32(14)31-18(17)10-2-4-11(22)5-3-10/h2-6,15,19H,7-8H2,1H3,(H,28,29,30)/t15-/m1/s1. The normalized spacial score (nSPS) is 16.5. The molecule has 12 heteroatoms. The van der Waals surface area contributed by atoms with Gasteiger partial charge in [0.1, 0.15) is 17.2 Å². The van der Waals surface area contributed by atoms with Crippen LogP contribution in [0.2, 0.25) is 0 Å². The molecule has 5 rings (SSSR count). The predicted octanol–water partition coefficient (Wildman–Crippen LogP) is 5.33. The predicted molar refractivity (Wildman–Crippen MR) is 105 cm³/mol. The van der Waals surface area contributed by atoms with Gasteiger partial charge in [0.15, 0.2) is 11.8 Å². The van der Waals surface area contributed by atoms with Crippen molar-refractivity contribution in [3.8, 4) is 22.4 Å². The lowest BCUT2D eigenvalue weighted by Gasteiger charge is -2.26. The number of hydrogen-bond donors (Lipinski definition) is 1. The van der Waals surface area contributed by atoms with E-state index in [1.807, 2.05) is 0 Å². The zero-order chi connectivity index (χ0) is 23.5. The molecule has 0 radical (unpaired) electrons. The maximum absolute atomic E-state index is 13.6. The van der Waals surface area contributed by atoms with E-state index in [1.165, 1.54) is 35.0 Å². The second-order valence-corrected chi connectivity index (χ2v) is 7.64. The van der Waals surface area contributed by atoms with Gasteiger partial charge >= 0.3 is 6.18 Å². The Morgan fingerprint density at radius 3 is 2.58 bits per heavy atom. The summed E-state index contributed by atoms with van der Waals surface area (Å²) < 4.78 is 86.8. The smallest absolute Gasteiger partial charge is 0.360 e.